The number of pyridine rings is 1. The van der Waals surface area contributed by atoms with Crippen molar-refractivity contribution >= 4 is 28.4 Å². The lowest BCUT2D eigenvalue weighted by Crippen LogP contribution is -2.14. The largest absolute Gasteiger partial charge is 0.494 e. The Kier molecular flexibility index (Phi) is 5.18. The average Bonchev–Trinajstić information content (AvgIpc) is 3.17. The summed E-state index contributed by atoms with van der Waals surface area (Å²) in [6.45, 7) is 2.60. The summed E-state index contributed by atoms with van der Waals surface area (Å²) in [5.41, 5.74) is 4.25. The maximum atomic E-state index is 12.4. The normalized spacial score (nSPS) is 11.3. The van der Waals surface area contributed by atoms with E-state index in [-0.39, 0.29) is 5.56 Å². The maximum absolute atomic E-state index is 12.4. The van der Waals surface area contributed by atoms with E-state index in [2.05, 4.69) is 15.6 Å². The van der Waals surface area contributed by atoms with Crippen LogP contribution in [0.2, 0.25) is 0 Å². The molecule has 0 bridgehead atoms. The van der Waals surface area contributed by atoms with Gasteiger partial charge in [0, 0.05) is 23.7 Å². The molecule has 0 aliphatic carbocycles. The molecular weight excluding hydrogens is 408 g/mol. The minimum Gasteiger partial charge on any atom is -0.494 e. The number of nitrogens with zero attached hydrogens (tertiary/aromatic N) is 4. The summed E-state index contributed by atoms with van der Waals surface area (Å²) in [5, 5.41) is 0.848. The summed E-state index contributed by atoms with van der Waals surface area (Å²) in [5.74, 6) is 1.38. The molecule has 0 spiro atoms. The lowest BCUT2D eigenvalue weighted by molar-refractivity contribution is 0.340. The first-order valence-electron chi connectivity index (χ1n) is 10.0. The molecule has 154 valence electrons. The van der Waals surface area contributed by atoms with Crippen LogP contribution in [0, 0.1) is 0 Å². The van der Waals surface area contributed by atoms with Crippen LogP contribution in [-0.2, 0) is 5.75 Å². The molecule has 31 heavy (non-hydrogen) atoms. The second-order valence-corrected chi connectivity index (χ2v) is 7.89. The van der Waals surface area contributed by atoms with Gasteiger partial charge in [-0.2, -0.15) is 0 Å². The van der Waals surface area contributed by atoms with E-state index in [0.717, 1.165) is 33.3 Å². The Morgan fingerprint density at radius 3 is 2.61 bits per heavy atom. The van der Waals surface area contributed by atoms with Gasteiger partial charge in [-0.25, -0.2) is 9.97 Å². The number of imidazole rings is 1. The first kappa shape index (κ1) is 19.4. The van der Waals surface area contributed by atoms with Gasteiger partial charge in [-0.3, -0.25) is 13.8 Å². The third kappa shape index (κ3) is 3.80. The topological polar surface area (TPSA) is 61.4 Å². The van der Waals surface area contributed by atoms with Crippen molar-refractivity contribution in [2.45, 2.75) is 17.8 Å². The second-order valence-electron chi connectivity index (χ2n) is 6.95. The Morgan fingerprint density at radius 1 is 0.968 bits per heavy atom. The van der Waals surface area contributed by atoms with Crippen molar-refractivity contribution in [1.29, 1.82) is 0 Å². The highest BCUT2D eigenvalue weighted by atomic mass is 32.2. The van der Waals surface area contributed by atoms with Crippen molar-refractivity contribution < 1.29 is 4.74 Å². The molecular formula is C24H20N4O2S. The molecule has 0 unspecified atom stereocenters. The van der Waals surface area contributed by atoms with Gasteiger partial charge in [0.1, 0.15) is 11.4 Å². The van der Waals surface area contributed by atoms with E-state index in [9.17, 15) is 4.79 Å². The summed E-state index contributed by atoms with van der Waals surface area (Å²) in [6.07, 6.45) is 1.73. The molecule has 0 aliphatic rings. The molecule has 6 nitrogen and oxygen atoms in total. The molecule has 7 heteroatoms. The smallest absolute Gasteiger partial charge is 0.258 e. The summed E-state index contributed by atoms with van der Waals surface area (Å²) in [4.78, 5) is 21.9. The Morgan fingerprint density at radius 2 is 1.77 bits per heavy atom. The highest BCUT2D eigenvalue weighted by Crippen LogP contribution is 2.30. The summed E-state index contributed by atoms with van der Waals surface area (Å²) < 4.78 is 9.25. The zero-order valence-corrected chi connectivity index (χ0v) is 17.7. The third-order valence-electron chi connectivity index (χ3n) is 4.91. The number of hydrogen-bond acceptors (Lipinski definition) is 5. The number of benzene rings is 2. The average molecular weight is 429 g/mol. The zero-order valence-electron chi connectivity index (χ0n) is 16.9. The van der Waals surface area contributed by atoms with Crippen molar-refractivity contribution in [2.24, 2.45) is 0 Å². The van der Waals surface area contributed by atoms with Crippen LogP contribution in [0.3, 0.4) is 0 Å². The summed E-state index contributed by atoms with van der Waals surface area (Å²) >= 11 is 1.56. The fourth-order valence-electron chi connectivity index (χ4n) is 3.52. The number of rotatable bonds is 6. The molecule has 5 rings (SSSR count). The van der Waals surface area contributed by atoms with Crippen LogP contribution in [0.4, 0.5) is 0 Å². The minimum absolute atomic E-state index is 0.0822. The van der Waals surface area contributed by atoms with Gasteiger partial charge in [0.15, 0.2) is 5.16 Å². The van der Waals surface area contributed by atoms with Crippen LogP contribution in [0.5, 0.6) is 5.75 Å². The van der Waals surface area contributed by atoms with Gasteiger partial charge in [0.25, 0.3) is 5.56 Å². The van der Waals surface area contributed by atoms with Crippen molar-refractivity contribution in [1.82, 2.24) is 18.9 Å². The number of para-hydroxylation sites is 2. The number of hydrogen-bond donors (Lipinski definition) is 0. The molecule has 0 aliphatic heterocycles. The van der Waals surface area contributed by atoms with Gasteiger partial charge in [-0.1, -0.05) is 30.0 Å². The second kappa shape index (κ2) is 8.28. The van der Waals surface area contributed by atoms with E-state index >= 15 is 0 Å². The van der Waals surface area contributed by atoms with Crippen molar-refractivity contribution in [2.75, 3.05) is 6.61 Å². The molecule has 0 fully saturated rings. The van der Waals surface area contributed by atoms with Crippen LogP contribution in [0.1, 0.15) is 12.6 Å². The van der Waals surface area contributed by atoms with Crippen LogP contribution >= 0.6 is 11.8 Å². The minimum atomic E-state index is -0.0822. The Labute approximate surface area is 183 Å². The molecule has 0 N–H and O–H groups in total. The number of ether oxygens (including phenoxy) is 1. The van der Waals surface area contributed by atoms with Gasteiger partial charge in [-0.05, 0) is 55.5 Å². The van der Waals surface area contributed by atoms with Gasteiger partial charge in [-0.15, -0.1) is 0 Å². The van der Waals surface area contributed by atoms with E-state index in [0.29, 0.717) is 18.0 Å². The molecule has 0 amide bonds. The zero-order chi connectivity index (χ0) is 21.2. The summed E-state index contributed by atoms with van der Waals surface area (Å²) in [7, 11) is 0. The first-order valence-corrected chi connectivity index (χ1v) is 11.0. The predicted octanol–water partition coefficient (Wildman–Crippen LogP) is 4.72. The van der Waals surface area contributed by atoms with Gasteiger partial charge in [0.2, 0.25) is 0 Å². The van der Waals surface area contributed by atoms with Crippen LogP contribution in [0.25, 0.3) is 22.4 Å². The highest BCUT2D eigenvalue weighted by molar-refractivity contribution is 7.98. The van der Waals surface area contributed by atoms with E-state index in [1.807, 2.05) is 67.6 Å². The maximum Gasteiger partial charge on any atom is 0.258 e. The lowest BCUT2D eigenvalue weighted by Gasteiger charge is -2.10. The van der Waals surface area contributed by atoms with E-state index in [4.69, 9.17) is 9.72 Å². The molecule has 0 atom stereocenters. The molecule has 3 heterocycles. The van der Waals surface area contributed by atoms with Crippen LogP contribution in [-0.4, -0.2) is 25.5 Å². The molecule has 0 saturated heterocycles. The number of thioether (sulfide) groups is 1. The van der Waals surface area contributed by atoms with E-state index < -0.39 is 0 Å². The van der Waals surface area contributed by atoms with E-state index in [1.165, 1.54) is 0 Å². The number of fused-ring (bicyclic) bond motifs is 2. The molecule has 3 aromatic heterocycles. The molecule has 2 aromatic carbocycles. The fourth-order valence-corrected chi connectivity index (χ4v) is 4.44. The highest BCUT2D eigenvalue weighted by Gasteiger charge is 2.14. The van der Waals surface area contributed by atoms with Crippen molar-refractivity contribution in [3.8, 4) is 11.4 Å². The monoisotopic (exact) mass is 428 g/mol. The summed E-state index contributed by atoms with van der Waals surface area (Å²) in [6, 6.07) is 23.2. The van der Waals surface area contributed by atoms with E-state index in [1.54, 1.807) is 28.4 Å². The Balaban J connectivity index is 1.51. The molecule has 5 aromatic rings. The predicted molar refractivity (Wildman–Crippen MR) is 123 cm³/mol. The SMILES string of the molecule is CCOc1ccc(-n2c(SCc3cc(=O)n4ccccc4n3)nc3ccccc32)cc1. The first-order chi connectivity index (χ1) is 15.2. The van der Waals surface area contributed by atoms with Gasteiger partial charge < -0.3 is 4.74 Å². The lowest BCUT2D eigenvalue weighted by atomic mass is 10.2. The molecule has 0 radical (unpaired) electrons. The van der Waals surface area contributed by atoms with Crippen LogP contribution < -0.4 is 10.3 Å². The van der Waals surface area contributed by atoms with Gasteiger partial charge >= 0.3 is 0 Å². The Hall–Kier alpha value is -3.58. The van der Waals surface area contributed by atoms with Gasteiger partial charge in [0.05, 0.1) is 23.3 Å². The van der Waals surface area contributed by atoms with Crippen molar-refractivity contribution in [3.63, 3.8) is 0 Å². The quantitative estimate of drug-likeness (QED) is 0.366. The molecule has 0 saturated carbocycles. The number of aromatic nitrogens is 4. The standard InChI is InChI=1S/C24H20N4O2S/c1-2-30-19-12-10-18(11-13-19)28-21-8-4-3-7-20(21)26-24(28)31-16-17-15-23(29)27-14-6-5-9-22(27)25-17/h3-15H,2,16H2,1H3. The van der Waals surface area contributed by atoms with Crippen molar-refractivity contribution in [3.05, 3.63) is 95.0 Å². The fraction of sp³-hybridized carbons (Fsp3) is 0.125. The third-order valence-corrected chi connectivity index (χ3v) is 5.88. The van der Waals surface area contributed by atoms with Crippen LogP contribution in [0.15, 0.2) is 88.9 Å². The Bertz CT molecular complexity index is 1420.